The van der Waals surface area contributed by atoms with Crippen LogP contribution in [0.4, 0.5) is 11.5 Å². The van der Waals surface area contributed by atoms with Crippen LogP contribution in [0.5, 0.6) is 0 Å². The van der Waals surface area contributed by atoms with Crippen LogP contribution >= 0.6 is 11.6 Å². The van der Waals surface area contributed by atoms with Gasteiger partial charge in [0.2, 0.25) is 0 Å². The summed E-state index contributed by atoms with van der Waals surface area (Å²) >= 11 is 6.06. The number of anilines is 2. The predicted octanol–water partition coefficient (Wildman–Crippen LogP) is 3.91. The molecule has 2 heterocycles. The Morgan fingerprint density at radius 1 is 1.16 bits per heavy atom. The highest BCUT2D eigenvalue weighted by Crippen LogP contribution is 2.32. The fourth-order valence-corrected chi connectivity index (χ4v) is 2.80. The maximum absolute atomic E-state index is 6.06. The van der Waals surface area contributed by atoms with Gasteiger partial charge in [0.1, 0.15) is 16.8 Å². The number of aryl methyl sites for hydroxylation is 2. The molecule has 98 valence electrons. The third-order valence-corrected chi connectivity index (χ3v) is 3.62. The minimum absolute atomic E-state index is 0.504. The van der Waals surface area contributed by atoms with Crippen molar-refractivity contribution >= 4 is 23.1 Å². The predicted molar refractivity (Wildman–Crippen MR) is 78.2 cm³/mol. The van der Waals surface area contributed by atoms with Crippen LogP contribution < -0.4 is 4.90 Å². The summed E-state index contributed by atoms with van der Waals surface area (Å²) in [6, 6.07) is 10.4. The smallest absolute Gasteiger partial charge is 0.138 e. The van der Waals surface area contributed by atoms with Gasteiger partial charge in [0.15, 0.2) is 0 Å². The van der Waals surface area contributed by atoms with Gasteiger partial charge in [0, 0.05) is 18.3 Å². The molecular weight excluding hydrogens is 258 g/mol. The Balaban J connectivity index is 2.09. The van der Waals surface area contributed by atoms with E-state index in [1.165, 1.54) is 17.7 Å². The molecule has 3 nitrogen and oxygen atoms in total. The lowest BCUT2D eigenvalue weighted by Gasteiger charge is -2.24. The number of benzene rings is 1. The number of nitrogens with zero attached hydrogens (tertiary/aromatic N) is 3. The van der Waals surface area contributed by atoms with Crippen molar-refractivity contribution in [2.45, 2.75) is 26.2 Å². The van der Waals surface area contributed by atoms with Crippen molar-refractivity contribution in [1.29, 1.82) is 0 Å². The van der Waals surface area contributed by atoms with Gasteiger partial charge < -0.3 is 4.90 Å². The molecule has 3 rings (SSSR count). The van der Waals surface area contributed by atoms with Crippen molar-refractivity contribution in [1.82, 2.24) is 9.97 Å². The second-order valence-corrected chi connectivity index (χ2v) is 5.22. The summed E-state index contributed by atoms with van der Waals surface area (Å²) in [7, 11) is 0. The molecule has 2 aromatic rings. The van der Waals surface area contributed by atoms with Gasteiger partial charge in [-0.3, -0.25) is 0 Å². The Hall–Kier alpha value is -1.61. The van der Waals surface area contributed by atoms with Crippen LogP contribution in [0.3, 0.4) is 0 Å². The number of hydrogen-bond acceptors (Lipinski definition) is 3. The van der Waals surface area contributed by atoms with Crippen molar-refractivity contribution in [2.75, 3.05) is 11.4 Å². The summed E-state index contributed by atoms with van der Waals surface area (Å²) in [5, 5.41) is 0.504. The van der Waals surface area contributed by atoms with E-state index in [4.69, 9.17) is 11.6 Å². The normalized spacial score (nSPS) is 14.9. The van der Waals surface area contributed by atoms with E-state index in [0.717, 1.165) is 25.2 Å². The maximum atomic E-state index is 6.06. The van der Waals surface area contributed by atoms with Gasteiger partial charge >= 0.3 is 0 Å². The van der Waals surface area contributed by atoms with Crippen LogP contribution in [0.2, 0.25) is 5.15 Å². The number of rotatable bonds is 1. The van der Waals surface area contributed by atoms with E-state index in [-0.39, 0.29) is 0 Å². The quantitative estimate of drug-likeness (QED) is 0.738. The summed E-state index contributed by atoms with van der Waals surface area (Å²) in [4.78, 5) is 10.9. The van der Waals surface area contributed by atoms with Crippen LogP contribution in [-0.2, 0) is 6.42 Å². The molecule has 0 saturated heterocycles. The Bertz CT molecular complexity index is 577. The Morgan fingerprint density at radius 2 is 2.00 bits per heavy atom. The first-order chi connectivity index (χ1) is 9.24. The van der Waals surface area contributed by atoms with Crippen LogP contribution in [0.1, 0.15) is 24.2 Å². The summed E-state index contributed by atoms with van der Waals surface area (Å²) in [6.45, 7) is 2.85. The van der Waals surface area contributed by atoms with Crippen molar-refractivity contribution in [3.05, 3.63) is 46.9 Å². The number of hydrogen-bond donors (Lipinski definition) is 0. The van der Waals surface area contributed by atoms with Crippen molar-refractivity contribution < 1.29 is 0 Å². The van der Waals surface area contributed by atoms with Crippen LogP contribution in [0, 0.1) is 6.92 Å². The Kier molecular flexibility index (Phi) is 3.38. The molecule has 1 aromatic carbocycles. The first-order valence-electron chi connectivity index (χ1n) is 6.61. The SMILES string of the molecule is Cc1nc(Cl)cc(N2CCCCc3ccccc32)n1. The fourth-order valence-electron chi connectivity index (χ4n) is 2.58. The van der Waals surface area contributed by atoms with Gasteiger partial charge in [-0.25, -0.2) is 9.97 Å². The minimum Gasteiger partial charge on any atom is -0.326 e. The van der Waals surface area contributed by atoms with Crippen molar-refractivity contribution in [2.24, 2.45) is 0 Å². The molecule has 4 heteroatoms. The standard InChI is InChI=1S/C15H16ClN3/c1-11-17-14(16)10-15(18-11)19-9-5-4-7-12-6-2-3-8-13(12)19/h2-3,6,8,10H,4-5,7,9H2,1H3. The summed E-state index contributed by atoms with van der Waals surface area (Å²) in [6.07, 6.45) is 3.51. The van der Waals surface area contributed by atoms with E-state index < -0.39 is 0 Å². The molecule has 1 aromatic heterocycles. The minimum atomic E-state index is 0.504. The summed E-state index contributed by atoms with van der Waals surface area (Å²) in [5.74, 6) is 1.61. The highest BCUT2D eigenvalue weighted by atomic mass is 35.5. The first kappa shape index (κ1) is 12.4. The second kappa shape index (κ2) is 5.17. The zero-order valence-corrected chi connectivity index (χ0v) is 11.7. The third-order valence-electron chi connectivity index (χ3n) is 3.43. The number of halogens is 1. The highest BCUT2D eigenvalue weighted by molar-refractivity contribution is 6.29. The Labute approximate surface area is 118 Å². The number of para-hydroxylation sites is 1. The van der Waals surface area contributed by atoms with Crippen LogP contribution in [-0.4, -0.2) is 16.5 Å². The molecule has 0 fully saturated rings. The highest BCUT2D eigenvalue weighted by Gasteiger charge is 2.18. The molecule has 0 unspecified atom stereocenters. The summed E-state index contributed by atoms with van der Waals surface area (Å²) in [5.41, 5.74) is 2.63. The molecule has 19 heavy (non-hydrogen) atoms. The monoisotopic (exact) mass is 273 g/mol. The first-order valence-corrected chi connectivity index (χ1v) is 6.98. The van der Waals surface area contributed by atoms with Gasteiger partial charge in [0.25, 0.3) is 0 Å². The van der Waals surface area contributed by atoms with E-state index >= 15 is 0 Å². The average molecular weight is 274 g/mol. The molecule has 1 aliphatic heterocycles. The topological polar surface area (TPSA) is 29.0 Å². The van der Waals surface area contributed by atoms with Crippen molar-refractivity contribution in [3.63, 3.8) is 0 Å². The molecule has 0 amide bonds. The van der Waals surface area contributed by atoms with Crippen molar-refractivity contribution in [3.8, 4) is 0 Å². The van der Waals surface area contributed by atoms with Gasteiger partial charge in [-0.2, -0.15) is 0 Å². The lowest BCUT2D eigenvalue weighted by molar-refractivity contribution is 0.756. The molecule has 1 aliphatic rings. The molecule has 0 spiro atoms. The molecule has 0 aliphatic carbocycles. The van der Waals surface area contributed by atoms with Gasteiger partial charge in [-0.05, 0) is 37.8 Å². The van der Waals surface area contributed by atoms with Gasteiger partial charge in [-0.15, -0.1) is 0 Å². The molecule has 0 bridgehead atoms. The van der Waals surface area contributed by atoms with E-state index in [0.29, 0.717) is 11.0 Å². The van der Waals surface area contributed by atoms with Gasteiger partial charge in [0.05, 0.1) is 0 Å². The molecule has 0 N–H and O–H groups in total. The van der Waals surface area contributed by atoms with E-state index in [1.54, 1.807) is 0 Å². The Morgan fingerprint density at radius 3 is 2.84 bits per heavy atom. The third kappa shape index (κ3) is 2.56. The van der Waals surface area contributed by atoms with E-state index in [9.17, 15) is 0 Å². The fraction of sp³-hybridized carbons (Fsp3) is 0.333. The summed E-state index contributed by atoms with van der Waals surface area (Å²) < 4.78 is 0. The van der Waals surface area contributed by atoms with Gasteiger partial charge in [-0.1, -0.05) is 29.8 Å². The zero-order chi connectivity index (χ0) is 13.2. The average Bonchev–Trinajstić information content (AvgIpc) is 2.59. The molecule has 0 atom stereocenters. The lowest BCUT2D eigenvalue weighted by atomic mass is 10.1. The van der Waals surface area contributed by atoms with E-state index in [2.05, 4.69) is 39.1 Å². The molecule has 0 radical (unpaired) electrons. The maximum Gasteiger partial charge on any atom is 0.138 e. The second-order valence-electron chi connectivity index (χ2n) is 4.83. The molecule has 0 saturated carbocycles. The van der Waals surface area contributed by atoms with Crippen LogP contribution in [0.15, 0.2) is 30.3 Å². The van der Waals surface area contributed by atoms with Crippen LogP contribution in [0.25, 0.3) is 0 Å². The largest absolute Gasteiger partial charge is 0.326 e. The molecular formula is C15H16ClN3. The number of fused-ring (bicyclic) bond motifs is 1. The zero-order valence-electron chi connectivity index (χ0n) is 10.9. The number of aromatic nitrogens is 2. The van der Waals surface area contributed by atoms with E-state index in [1.807, 2.05) is 13.0 Å². The lowest BCUT2D eigenvalue weighted by Crippen LogP contribution is -2.19.